The van der Waals surface area contributed by atoms with Gasteiger partial charge in [0.05, 0.1) is 25.9 Å². The molecular formula is C21H14ClF3N4O3S. The Hall–Kier alpha value is -3.44. The normalized spacial score (nSPS) is 12.1. The summed E-state index contributed by atoms with van der Waals surface area (Å²) in [6, 6.07) is 8.11. The fourth-order valence-corrected chi connectivity index (χ4v) is 4.96. The Labute approximate surface area is 190 Å². The van der Waals surface area contributed by atoms with Crippen LogP contribution in [-0.2, 0) is 22.6 Å². The first-order valence-electron chi connectivity index (χ1n) is 9.34. The maximum Gasteiger partial charge on any atom is 0.417 e. The maximum absolute atomic E-state index is 13.1. The van der Waals surface area contributed by atoms with Gasteiger partial charge in [0, 0.05) is 31.3 Å². The number of alkyl halides is 3. The number of halogens is 4. The summed E-state index contributed by atoms with van der Waals surface area (Å²) in [5.41, 5.74) is -0.346. The number of fused-ring (bicyclic) bond motifs is 1. The number of rotatable bonds is 5. The number of carbonyl (C=O) groups is 1. The smallest absolute Gasteiger partial charge is 0.348 e. The number of hydrogen-bond donors (Lipinski definition) is 1. The lowest BCUT2D eigenvalue weighted by molar-refractivity contribution is -0.137. The van der Waals surface area contributed by atoms with Crippen LogP contribution in [0.5, 0.6) is 0 Å². The summed E-state index contributed by atoms with van der Waals surface area (Å²) < 4.78 is 66.5. The van der Waals surface area contributed by atoms with Crippen LogP contribution >= 0.6 is 11.6 Å². The van der Waals surface area contributed by atoms with E-state index in [4.69, 9.17) is 11.6 Å². The minimum Gasteiger partial charge on any atom is -0.348 e. The molecule has 4 aromatic rings. The first-order chi connectivity index (χ1) is 15.6. The SMILES string of the molecule is O=C(NCc1ccc(S(=O)(=O)c2cccc(C(F)(F)F)c2Cl)cc1)c1cnc2nccn2c1. The summed E-state index contributed by atoms with van der Waals surface area (Å²) in [7, 11) is -4.29. The molecule has 7 nitrogen and oxygen atoms in total. The van der Waals surface area contributed by atoms with E-state index in [1.165, 1.54) is 30.5 Å². The van der Waals surface area contributed by atoms with Gasteiger partial charge in [-0.1, -0.05) is 29.8 Å². The molecule has 0 saturated heterocycles. The number of sulfone groups is 1. The quantitative estimate of drug-likeness (QED) is 0.449. The molecule has 0 unspecified atom stereocenters. The third-order valence-corrected chi connectivity index (χ3v) is 7.08. The van der Waals surface area contributed by atoms with E-state index in [1.807, 2.05) is 0 Å². The van der Waals surface area contributed by atoms with Gasteiger partial charge >= 0.3 is 6.18 Å². The molecule has 4 rings (SSSR count). The summed E-state index contributed by atoms with van der Waals surface area (Å²) in [5, 5.41) is 1.80. The molecule has 0 radical (unpaired) electrons. The first kappa shape index (κ1) is 22.7. The zero-order valence-corrected chi connectivity index (χ0v) is 18.1. The van der Waals surface area contributed by atoms with Gasteiger partial charge in [-0.15, -0.1) is 0 Å². The molecule has 0 aliphatic heterocycles. The van der Waals surface area contributed by atoms with E-state index in [0.717, 1.165) is 12.1 Å². The zero-order valence-electron chi connectivity index (χ0n) is 16.5. The summed E-state index contributed by atoms with van der Waals surface area (Å²) in [6.45, 7) is 0.0887. The van der Waals surface area contributed by atoms with Crippen molar-refractivity contribution < 1.29 is 26.4 Å². The van der Waals surface area contributed by atoms with E-state index >= 15 is 0 Å². The van der Waals surface area contributed by atoms with Crippen molar-refractivity contribution in [1.82, 2.24) is 19.7 Å². The van der Waals surface area contributed by atoms with E-state index in [1.54, 1.807) is 23.0 Å². The van der Waals surface area contributed by atoms with Gasteiger partial charge in [0.15, 0.2) is 0 Å². The van der Waals surface area contributed by atoms with Crippen LogP contribution in [-0.4, -0.2) is 28.7 Å². The Morgan fingerprint density at radius 2 is 1.82 bits per heavy atom. The molecule has 0 fully saturated rings. The van der Waals surface area contributed by atoms with Crippen LogP contribution in [0.2, 0.25) is 5.02 Å². The molecule has 0 atom stereocenters. The van der Waals surface area contributed by atoms with E-state index in [9.17, 15) is 26.4 Å². The van der Waals surface area contributed by atoms with Gasteiger partial charge < -0.3 is 5.32 Å². The zero-order chi connectivity index (χ0) is 23.8. The van der Waals surface area contributed by atoms with Crippen LogP contribution < -0.4 is 5.32 Å². The van der Waals surface area contributed by atoms with Crippen LogP contribution in [0.4, 0.5) is 13.2 Å². The second-order valence-corrected chi connectivity index (χ2v) is 9.22. The van der Waals surface area contributed by atoms with Crippen molar-refractivity contribution >= 4 is 33.1 Å². The third-order valence-electron chi connectivity index (χ3n) is 4.75. The molecule has 1 amide bonds. The van der Waals surface area contributed by atoms with Crippen LogP contribution in [0.15, 0.2) is 77.0 Å². The summed E-state index contributed by atoms with van der Waals surface area (Å²) in [6.07, 6.45) is 1.36. The second-order valence-electron chi connectivity index (χ2n) is 6.92. The van der Waals surface area contributed by atoms with Gasteiger partial charge in [-0.2, -0.15) is 13.2 Å². The number of carbonyl (C=O) groups excluding carboxylic acids is 1. The third kappa shape index (κ3) is 4.55. The average Bonchev–Trinajstić information content (AvgIpc) is 3.25. The minimum absolute atomic E-state index is 0.0887. The van der Waals surface area contributed by atoms with Crippen molar-refractivity contribution in [3.8, 4) is 0 Å². The molecule has 2 aromatic heterocycles. The van der Waals surface area contributed by atoms with E-state index in [2.05, 4.69) is 15.3 Å². The van der Waals surface area contributed by atoms with Crippen LogP contribution in [0, 0.1) is 0 Å². The van der Waals surface area contributed by atoms with Crippen molar-refractivity contribution in [3.05, 3.63) is 89.0 Å². The monoisotopic (exact) mass is 494 g/mol. The molecule has 0 spiro atoms. The van der Waals surface area contributed by atoms with Crippen molar-refractivity contribution in [1.29, 1.82) is 0 Å². The number of nitrogens with one attached hydrogen (secondary N) is 1. The Morgan fingerprint density at radius 1 is 1.09 bits per heavy atom. The molecule has 12 heteroatoms. The van der Waals surface area contributed by atoms with Crippen molar-refractivity contribution in [3.63, 3.8) is 0 Å². The Kier molecular flexibility index (Phi) is 5.85. The van der Waals surface area contributed by atoms with E-state index < -0.39 is 37.4 Å². The fraction of sp³-hybridized carbons (Fsp3) is 0.0952. The first-order valence-corrected chi connectivity index (χ1v) is 11.2. The summed E-state index contributed by atoms with van der Waals surface area (Å²) in [4.78, 5) is 19.5. The predicted octanol–water partition coefficient (Wildman–Crippen LogP) is 4.16. The topological polar surface area (TPSA) is 93.4 Å². The standard InChI is InChI=1S/C21H14ClF3N4O3S/c22-18-16(21(23,24)25)2-1-3-17(18)33(31,32)15-6-4-13(5-7-15)10-27-19(30)14-11-28-20-26-8-9-29(20)12-14/h1-9,11-12H,10H2,(H,27,30). The van der Waals surface area contributed by atoms with Gasteiger partial charge in [-0.05, 0) is 29.8 Å². The average molecular weight is 495 g/mol. The Balaban J connectivity index is 1.50. The lowest BCUT2D eigenvalue weighted by Gasteiger charge is -2.13. The van der Waals surface area contributed by atoms with E-state index in [-0.39, 0.29) is 11.4 Å². The number of nitrogens with zero attached hydrogens (tertiary/aromatic N) is 3. The summed E-state index contributed by atoms with van der Waals surface area (Å²) >= 11 is 5.77. The molecular weight excluding hydrogens is 481 g/mol. The molecule has 170 valence electrons. The molecule has 0 aliphatic carbocycles. The second kappa shape index (κ2) is 8.49. The molecule has 1 N–H and O–H groups in total. The Bertz CT molecular complexity index is 1450. The fourth-order valence-electron chi connectivity index (χ4n) is 3.07. The minimum atomic E-state index is -4.79. The van der Waals surface area contributed by atoms with Gasteiger partial charge in [-0.3, -0.25) is 9.20 Å². The maximum atomic E-state index is 13.1. The highest BCUT2D eigenvalue weighted by atomic mass is 35.5. The lowest BCUT2D eigenvalue weighted by Crippen LogP contribution is -2.23. The highest BCUT2D eigenvalue weighted by molar-refractivity contribution is 7.91. The molecule has 2 aromatic carbocycles. The molecule has 2 heterocycles. The highest BCUT2D eigenvalue weighted by Gasteiger charge is 2.36. The number of hydrogen-bond acceptors (Lipinski definition) is 5. The lowest BCUT2D eigenvalue weighted by atomic mass is 10.2. The van der Waals surface area contributed by atoms with Crippen LogP contribution in [0.3, 0.4) is 0 Å². The van der Waals surface area contributed by atoms with Gasteiger partial charge in [0.1, 0.15) is 0 Å². The van der Waals surface area contributed by atoms with Crippen molar-refractivity contribution in [2.24, 2.45) is 0 Å². The highest BCUT2D eigenvalue weighted by Crippen LogP contribution is 2.39. The molecule has 0 saturated carbocycles. The van der Waals surface area contributed by atoms with Crippen LogP contribution in [0.25, 0.3) is 5.78 Å². The molecule has 0 aliphatic rings. The van der Waals surface area contributed by atoms with Crippen molar-refractivity contribution in [2.45, 2.75) is 22.5 Å². The predicted molar refractivity (Wildman–Crippen MR) is 113 cm³/mol. The van der Waals surface area contributed by atoms with Gasteiger partial charge in [-0.25, -0.2) is 18.4 Å². The number of aromatic nitrogens is 3. The van der Waals surface area contributed by atoms with Crippen LogP contribution in [0.1, 0.15) is 21.5 Å². The van der Waals surface area contributed by atoms with E-state index in [0.29, 0.717) is 23.0 Å². The molecule has 0 bridgehead atoms. The largest absolute Gasteiger partial charge is 0.417 e. The van der Waals surface area contributed by atoms with Gasteiger partial charge in [0.2, 0.25) is 15.6 Å². The number of amides is 1. The number of benzene rings is 2. The molecule has 33 heavy (non-hydrogen) atoms. The number of imidazole rings is 1. The van der Waals surface area contributed by atoms with Gasteiger partial charge in [0.25, 0.3) is 5.91 Å². The van der Waals surface area contributed by atoms with Crippen molar-refractivity contribution in [2.75, 3.05) is 0 Å². The Morgan fingerprint density at radius 3 is 2.52 bits per heavy atom. The summed E-state index contributed by atoms with van der Waals surface area (Å²) in [5.74, 6) is 0.0507.